The maximum atomic E-state index is 12.6. The molecule has 1 aliphatic rings. The molecule has 118 valence electrons. The summed E-state index contributed by atoms with van der Waals surface area (Å²) < 4.78 is 60.9. The van der Waals surface area contributed by atoms with Gasteiger partial charge in [-0.2, -0.15) is 22.0 Å². The van der Waals surface area contributed by atoms with Crippen LogP contribution in [-0.4, -0.2) is 74.1 Å². The van der Waals surface area contributed by atoms with Gasteiger partial charge in [-0.3, -0.25) is 4.79 Å². The number of hydrogen-bond donors (Lipinski definition) is 1. The topological polar surface area (TPSA) is 35.6 Å². The molecule has 1 fully saturated rings. The summed E-state index contributed by atoms with van der Waals surface area (Å²) in [7, 11) is 1.98. The largest absolute Gasteiger partial charge is 0.463 e. The minimum Gasteiger partial charge on any atom is -0.351 e. The van der Waals surface area contributed by atoms with Gasteiger partial charge in [0.15, 0.2) is 0 Å². The lowest BCUT2D eigenvalue weighted by atomic mass is 10.2. The van der Waals surface area contributed by atoms with Gasteiger partial charge in [0.2, 0.25) is 0 Å². The molecule has 0 atom stereocenters. The van der Waals surface area contributed by atoms with E-state index in [1.165, 1.54) is 0 Å². The van der Waals surface area contributed by atoms with Crippen molar-refractivity contribution in [1.82, 2.24) is 15.1 Å². The highest BCUT2D eigenvalue weighted by Gasteiger charge is 2.63. The number of piperazine rings is 1. The number of nitrogens with zero attached hydrogens (tertiary/aromatic N) is 2. The van der Waals surface area contributed by atoms with Gasteiger partial charge in [0.05, 0.1) is 0 Å². The Labute approximate surface area is 113 Å². The van der Waals surface area contributed by atoms with Crippen LogP contribution in [-0.2, 0) is 4.79 Å². The first-order chi connectivity index (χ1) is 9.14. The van der Waals surface area contributed by atoms with Gasteiger partial charge in [0.25, 0.3) is 5.91 Å². The number of halogens is 5. The van der Waals surface area contributed by atoms with Gasteiger partial charge in [-0.15, -0.1) is 0 Å². The summed E-state index contributed by atoms with van der Waals surface area (Å²) in [5.74, 6) is -7.62. The molecule has 0 bridgehead atoms. The molecule has 0 saturated carbocycles. The molecule has 1 amide bonds. The monoisotopic (exact) mass is 303 g/mol. The van der Waals surface area contributed by atoms with E-state index in [2.05, 4.69) is 9.80 Å². The smallest absolute Gasteiger partial charge is 0.351 e. The fraction of sp³-hybridized carbons (Fsp3) is 0.909. The van der Waals surface area contributed by atoms with E-state index >= 15 is 0 Å². The molecule has 1 rings (SSSR count). The van der Waals surface area contributed by atoms with Gasteiger partial charge in [0, 0.05) is 32.7 Å². The van der Waals surface area contributed by atoms with Gasteiger partial charge in [-0.05, 0) is 20.0 Å². The predicted octanol–water partition coefficient (Wildman–Crippen LogP) is 0.938. The third-order valence-corrected chi connectivity index (χ3v) is 3.17. The van der Waals surface area contributed by atoms with Crippen molar-refractivity contribution in [1.29, 1.82) is 0 Å². The number of alkyl halides is 5. The van der Waals surface area contributed by atoms with Crippen LogP contribution in [0.4, 0.5) is 22.0 Å². The zero-order valence-corrected chi connectivity index (χ0v) is 11.1. The zero-order chi connectivity index (χ0) is 15.4. The van der Waals surface area contributed by atoms with Crippen molar-refractivity contribution in [3.05, 3.63) is 0 Å². The van der Waals surface area contributed by atoms with Crippen molar-refractivity contribution >= 4 is 5.91 Å². The molecule has 0 aromatic carbocycles. The lowest BCUT2D eigenvalue weighted by Crippen LogP contribution is -2.51. The molecule has 1 N–H and O–H groups in total. The summed E-state index contributed by atoms with van der Waals surface area (Å²) in [5, 5.41) is 1.63. The molecule has 0 spiro atoms. The Balaban J connectivity index is 2.23. The Bertz CT molecular complexity index is 327. The van der Waals surface area contributed by atoms with Gasteiger partial charge in [0.1, 0.15) is 0 Å². The number of nitrogens with one attached hydrogen (secondary N) is 1. The van der Waals surface area contributed by atoms with Crippen LogP contribution in [0.2, 0.25) is 0 Å². The Morgan fingerprint density at radius 3 is 2.15 bits per heavy atom. The Morgan fingerprint density at radius 1 is 1.10 bits per heavy atom. The van der Waals surface area contributed by atoms with E-state index in [0.29, 0.717) is 13.0 Å². The highest BCUT2D eigenvalue weighted by Crippen LogP contribution is 2.35. The summed E-state index contributed by atoms with van der Waals surface area (Å²) in [6.45, 7) is 3.78. The molecule has 0 radical (unpaired) electrons. The second kappa shape index (κ2) is 6.66. The third kappa shape index (κ3) is 4.55. The van der Waals surface area contributed by atoms with E-state index in [1.807, 2.05) is 7.05 Å². The van der Waals surface area contributed by atoms with Gasteiger partial charge < -0.3 is 15.1 Å². The van der Waals surface area contributed by atoms with Gasteiger partial charge in [-0.1, -0.05) is 0 Å². The lowest BCUT2D eigenvalue weighted by Gasteiger charge is -2.32. The fourth-order valence-corrected chi connectivity index (χ4v) is 1.82. The summed E-state index contributed by atoms with van der Waals surface area (Å²) in [6, 6.07) is 0. The molecule has 0 unspecified atom stereocenters. The second-order valence-corrected chi connectivity index (χ2v) is 4.83. The quantitative estimate of drug-likeness (QED) is 0.606. The average Bonchev–Trinajstić information content (AvgIpc) is 2.35. The van der Waals surface area contributed by atoms with Crippen molar-refractivity contribution in [3.8, 4) is 0 Å². The zero-order valence-electron chi connectivity index (χ0n) is 11.1. The number of hydrogen-bond acceptors (Lipinski definition) is 3. The molecule has 1 saturated heterocycles. The van der Waals surface area contributed by atoms with E-state index < -0.39 is 18.0 Å². The molecular formula is C11H18F5N3O. The fourth-order valence-electron chi connectivity index (χ4n) is 1.82. The van der Waals surface area contributed by atoms with Crippen LogP contribution in [0.3, 0.4) is 0 Å². The first kappa shape index (κ1) is 17.1. The third-order valence-electron chi connectivity index (χ3n) is 3.17. The molecule has 4 nitrogen and oxygen atoms in total. The molecule has 1 heterocycles. The first-order valence-electron chi connectivity index (χ1n) is 6.28. The van der Waals surface area contributed by atoms with E-state index in [4.69, 9.17) is 0 Å². The lowest BCUT2D eigenvalue weighted by molar-refractivity contribution is -0.269. The highest BCUT2D eigenvalue weighted by atomic mass is 19.4. The molecular weight excluding hydrogens is 285 g/mol. The second-order valence-electron chi connectivity index (χ2n) is 4.83. The van der Waals surface area contributed by atoms with Crippen LogP contribution in [0.25, 0.3) is 0 Å². The highest BCUT2D eigenvalue weighted by molar-refractivity contribution is 5.84. The molecule has 0 aromatic heterocycles. The summed E-state index contributed by atoms with van der Waals surface area (Å²) >= 11 is 0. The molecule has 0 aromatic rings. The van der Waals surface area contributed by atoms with Crippen molar-refractivity contribution in [2.75, 3.05) is 46.3 Å². The van der Waals surface area contributed by atoms with E-state index in [1.54, 1.807) is 5.32 Å². The van der Waals surface area contributed by atoms with Crippen LogP contribution in [0.5, 0.6) is 0 Å². The predicted molar refractivity (Wildman–Crippen MR) is 62.6 cm³/mol. The number of carbonyl (C=O) groups excluding carboxylic acids is 1. The Kier molecular flexibility index (Phi) is 5.69. The van der Waals surface area contributed by atoms with Crippen molar-refractivity contribution in [2.45, 2.75) is 18.5 Å². The maximum absolute atomic E-state index is 12.6. The molecule has 1 aliphatic heterocycles. The molecule has 0 aliphatic carbocycles. The maximum Gasteiger partial charge on any atom is 0.463 e. The van der Waals surface area contributed by atoms with Crippen molar-refractivity contribution in [2.24, 2.45) is 0 Å². The standard InChI is InChI=1S/C11H18F5N3O/c1-18-5-7-19(8-6-18)4-2-3-17-9(20)10(12,13)11(14,15)16/h2-8H2,1H3,(H,17,20). The Morgan fingerprint density at radius 2 is 1.65 bits per heavy atom. The van der Waals surface area contributed by atoms with Gasteiger partial charge in [-0.25, -0.2) is 0 Å². The number of carbonyl (C=O) groups is 1. The summed E-state index contributed by atoms with van der Waals surface area (Å²) in [4.78, 5) is 15.0. The Hall–Kier alpha value is -0.960. The SMILES string of the molecule is CN1CCN(CCCNC(=O)C(F)(F)C(F)(F)F)CC1. The van der Waals surface area contributed by atoms with Gasteiger partial charge >= 0.3 is 12.1 Å². The minimum atomic E-state index is -5.85. The molecule has 20 heavy (non-hydrogen) atoms. The first-order valence-corrected chi connectivity index (χ1v) is 6.28. The molecule has 9 heteroatoms. The van der Waals surface area contributed by atoms with E-state index in [-0.39, 0.29) is 6.54 Å². The van der Waals surface area contributed by atoms with Crippen molar-refractivity contribution < 1.29 is 26.7 Å². The van der Waals surface area contributed by atoms with Crippen LogP contribution < -0.4 is 5.32 Å². The van der Waals surface area contributed by atoms with Crippen LogP contribution in [0, 0.1) is 0 Å². The summed E-state index contributed by atoms with van der Waals surface area (Å²) in [5.41, 5.74) is 0. The van der Waals surface area contributed by atoms with E-state index in [0.717, 1.165) is 26.2 Å². The number of likely N-dealkylation sites (N-methyl/N-ethyl adjacent to an activating group) is 1. The van der Waals surface area contributed by atoms with Crippen LogP contribution in [0.1, 0.15) is 6.42 Å². The normalized spacial score (nSPS) is 19.1. The van der Waals surface area contributed by atoms with Crippen LogP contribution in [0.15, 0.2) is 0 Å². The number of rotatable bonds is 5. The minimum absolute atomic E-state index is 0.198. The van der Waals surface area contributed by atoms with Crippen LogP contribution >= 0.6 is 0 Å². The van der Waals surface area contributed by atoms with Crippen molar-refractivity contribution in [3.63, 3.8) is 0 Å². The average molecular weight is 303 g/mol. The van der Waals surface area contributed by atoms with E-state index in [9.17, 15) is 26.7 Å². The number of amides is 1. The summed E-state index contributed by atoms with van der Waals surface area (Å²) in [6.07, 6.45) is -5.52.